The van der Waals surface area contributed by atoms with Gasteiger partial charge in [0.2, 0.25) is 0 Å². The highest BCUT2D eigenvalue weighted by molar-refractivity contribution is 5.77. The van der Waals surface area contributed by atoms with Gasteiger partial charge in [-0.05, 0) is 44.0 Å². The molecule has 4 heteroatoms. The maximum Gasteiger partial charge on any atom is 0.134 e. The van der Waals surface area contributed by atoms with Gasteiger partial charge in [-0.2, -0.15) is 0 Å². The fourth-order valence-corrected chi connectivity index (χ4v) is 1.89. The van der Waals surface area contributed by atoms with Crippen LogP contribution in [0.4, 0.5) is 4.39 Å². The lowest BCUT2D eigenvalue weighted by Gasteiger charge is -2.12. The van der Waals surface area contributed by atoms with Gasteiger partial charge in [0.15, 0.2) is 0 Å². The van der Waals surface area contributed by atoms with Gasteiger partial charge >= 0.3 is 0 Å². The number of rotatable bonds is 5. The molecule has 2 N–H and O–H groups in total. The number of benzene rings is 1. The summed E-state index contributed by atoms with van der Waals surface area (Å²) in [7, 11) is 1.68. The van der Waals surface area contributed by atoms with Gasteiger partial charge in [0.25, 0.3) is 0 Å². The quantitative estimate of drug-likeness (QED) is 0.886. The predicted octanol–water partition coefficient (Wildman–Crippen LogP) is 3.39. The van der Waals surface area contributed by atoms with Crippen molar-refractivity contribution < 1.29 is 13.5 Å². The Balaban J connectivity index is 2.10. The van der Waals surface area contributed by atoms with Crippen molar-refractivity contribution in [2.45, 2.75) is 31.9 Å². The van der Waals surface area contributed by atoms with Gasteiger partial charge in [-0.3, -0.25) is 0 Å². The van der Waals surface area contributed by atoms with Crippen LogP contribution in [0.25, 0.3) is 11.0 Å². The number of hydrogen-bond acceptors (Lipinski definition) is 3. The van der Waals surface area contributed by atoms with Crippen LogP contribution in [0.5, 0.6) is 0 Å². The van der Waals surface area contributed by atoms with Crippen molar-refractivity contribution in [2.24, 2.45) is 5.73 Å². The molecule has 1 heterocycles. The molecule has 18 heavy (non-hydrogen) atoms. The number of fused-ring (bicyclic) bond motifs is 1. The molecule has 0 radical (unpaired) electrons. The number of hydrogen-bond donors (Lipinski definition) is 1. The topological polar surface area (TPSA) is 48.4 Å². The molecular weight excluding hydrogens is 233 g/mol. The van der Waals surface area contributed by atoms with Crippen molar-refractivity contribution in [1.82, 2.24) is 0 Å². The average Bonchev–Trinajstić information content (AvgIpc) is 2.78. The molecule has 0 aliphatic carbocycles. The maximum absolute atomic E-state index is 13.1. The van der Waals surface area contributed by atoms with Gasteiger partial charge in [-0.1, -0.05) is 0 Å². The molecule has 0 saturated carbocycles. The second-order valence-electron chi connectivity index (χ2n) is 4.56. The molecule has 2 rings (SSSR count). The fraction of sp³-hybridized carbons (Fsp3) is 0.429. The molecule has 0 spiro atoms. The van der Waals surface area contributed by atoms with E-state index in [4.69, 9.17) is 14.9 Å². The number of furan rings is 1. The SMILES string of the molecule is COC(C)CCC(N)c1cc2cc(F)ccc2o1. The number of halogens is 1. The van der Waals surface area contributed by atoms with E-state index in [1.807, 2.05) is 6.92 Å². The van der Waals surface area contributed by atoms with E-state index in [0.29, 0.717) is 11.3 Å². The third kappa shape index (κ3) is 2.89. The Labute approximate surface area is 106 Å². The summed E-state index contributed by atoms with van der Waals surface area (Å²) in [5, 5.41) is 0.750. The van der Waals surface area contributed by atoms with Gasteiger partial charge in [0, 0.05) is 12.5 Å². The fourth-order valence-electron chi connectivity index (χ4n) is 1.89. The van der Waals surface area contributed by atoms with Crippen LogP contribution in [-0.2, 0) is 4.74 Å². The molecular formula is C14H18FNO2. The second-order valence-corrected chi connectivity index (χ2v) is 4.56. The van der Waals surface area contributed by atoms with Crippen LogP contribution in [0.15, 0.2) is 28.7 Å². The highest BCUT2D eigenvalue weighted by Crippen LogP contribution is 2.26. The van der Waals surface area contributed by atoms with Gasteiger partial charge in [0.1, 0.15) is 17.2 Å². The van der Waals surface area contributed by atoms with Gasteiger partial charge in [-0.25, -0.2) is 4.39 Å². The molecule has 0 saturated heterocycles. The summed E-state index contributed by atoms with van der Waals surface area (Å²) < 4.78 is 23.9. The van der Waals surface area contributed by atoms with Crippen molar-refractivity contribution in [3.63, 3.8) is 0 Å². The molecule has 0 bridgehead atoms. The van der Waals surface area contributed by atoms with E-state index in [0.717, 1.165) is 18.2 Å². The Morgan fingerprint density at radius 2 is 2.11 bits per heavy atom. The first-order valence-electron chi connectivity index (χ1n) is 6.07. The minimum absolute atomic E-state index is 0.179. The van der Waals surface area contributed by atoms with Crippen molar-refractivity contribution in [3.05, 3.63) is 35.8 Å². The van der Waals surface area contributed by atoms with E-state index in [1.54, 1.807) is 19.2 Å². The molecule has 2 aromatic rings. The summed E-state index contributed by atoms with van der Waals surface area (Å²) >= 11 is 0. The van der Waals surface area contributed by atoms with Crippen molar-refractivity contribution in [2.75, 3.05) is 7.11 Å². The average molecular weight is 251 g/mol. The summed E-state index contributed by atoms with van der Waals surface area (Å²) in [4.78, 5) is 0. The Morgan fingerprint density at radius 3 is 2.83 bits per heavy atom. The number of methoxy groups -OCH3 is 1. The van der Waals surface area contributed by atoms with Crippen LogP contribution in [0.3, 0.4) is 0 Å². The molecule has 1 aromatic heterocycles. The van der Waals surface area contributed by atoms with Crippen LogP contribution in [0.2, 0.25) is 0 Å². The van der Waals surface area contributed by atoms with E-state index in [-0.39, 0.29) is 18.0 Å². The van der Waals surface area contributed by atoms with Gasteiger partial charge in [-0.15, -0.1) is 0 Å². The lowest BCUT2D eigenvalue weighted by molar-refractivity contribution is 0.106. The molecule has 0 amide bonds. The summed E-state index contributed by atoms with van der Waals surface area (Å²) in [6.45, 7) is 2.00. The Bertz CT molecular complexity index is 523. The largest absolute Gasteiger partial charge is 0.459 e. The van der Waals surface area contributed by atoms with Crippen LogP contribution in [0, 0.1) is 5.82 Å². The van der Waals surface area contributed by atoms with Crippen LogP contribution < -0.4 is 5.73 Å². The molecule has 2 atom stereocenters. The molecule has 3 nitrogen and oxygen atoms in total. The van der Waals surface area contributed by atoms with Crippen molar-refractivity contribution in [1.29, 1.82) is 0 Å². The van der Waals surface area contributed by atoms with Crippen LogP contribution >= 0.6 is 0 Å². The summed E-state index contributed by atoms with van der Waals surface area (Å²) in [5.74, 6) is 0.426. The minimum Gasteiger partial charge on any atom is -0.459 e. The van der Waals surface area contributed by atoms with Gasteiger partial charge in [0.05, 0.1) is 12.1 Å². The third-order valence-electron chi connectivity index (χ3n) is 3.15. The van der Waals surface area contributed by atoms with E-state index in [2.05, 4.69) is 0 Å². The molecule has 98 valence electrons. The predicted molar refractivity (Wildman–Crippen MR) is 68.8 cm³/mol. The summed E-state index contributed by atoms with van der Waals surface area (Å²) in [5.41, 5.74) is 6.73. The molecule has 0 fully saturated rings. The Morgan fingerprint density at radius 1 is 1.33 bits per heavy atom. The zero-order valence-corrected chi connectivity index (χ0v) is 10.7. The first kappa shape index (κ1) is 13.1. The first-order valence-corrected chi connectivity index (χ1v) is 6.07. The van der Waals surface area contributed by atoms with Crippen LogP contribution in [-0.4, -0.2) is 13.2 Å². The monoisotopic (exact) mass is 251 g/mol. The standard InChI is InChI=1S/C14H18FNO2/c1-9(17-2)3-5-12(16)14-8-10-7-11(15)4-6-13(10)18-14/h4,6-9,12H,3,5,16H2,1-2H3. The second kappa shape index (κ2) is 5.50. The summed E-state index contributed by atoms with van der Waals surface area (Å²) in [6.07, 6.45) is 1.82. The molecule has 0 aliphatic heterocycles. The highest BCUT2D eigenvalue weighted by Gasteiger charge is 2.13. The maximum atomic E-state index is 13.1. The van der Waals surface area contributed by atoms with Gasteiger partial charge < -0.3 is 14.9 Å². The van der Waals surface area contributed by atoms with E-state index < -0.39 is 0 Å². The molecule has 1 aromatic carbocycles. The highest BCUT2D eigenvalue weighted by atomic mass is 19.1. The van der Waals surface area contributed by atoms with Crippen LogP contribution in [0.1, 0.15) is 31.6 Å². The van der Waals surface area contributed by atoms with Crippen molar-refractivity contribution >= 4 is 11.0 Å². The minimum atomic E-state index is -0.267. The van der Waals surface area contributed by atoms with Crippen molar-refractivity contribution in [3.8, 4) is 0 Å². The molecule has 2 unspecified atom stereocenters. The van der Waals surface area contributed by atoms with E-state index >= 15 is 0 Å². The zero-order chi connectivity index (χ0) is 13.1. The first-order chi connectivity index (χ1) is 8.60. The smallest absolute Gasteiger partial charge is 0.134 e. The summed E-state index contributed by atoms with van der Waals surface area (Å²) in [6, 6.07) is 6.08. The van der Waals surface area contributed by atoms with E-state index in [9.17, 15) is 4.39 Å². The number of ether oxygens (including phenoxy) is 1. The van der Waals surface area contributed by atoms with E-state index in [1.165, 1.54) is 12.1 Å². The third-order valence-corrected chi connectivity index (χ3v) is 3.15. The Hall–Kier alpha value is -1.39. The zero-order valence-electron chi connectivity index (χ0n) is 10.7. The normalized spacial score (nSPS) is 14.9. The Kier molecular flexibility index (Phi) is 3.99. The lowest BCUT2D eigenvalue weighted by Crippen LogP contribution is -2.13. The molecule has 0 aliphatic rings. The number of nitrogens with two attached hydrogens (primary N) is 1. The lowest BCUT2D eigenvalue weighted by atomic mass is 10.1.